The highest BCUT2D eigenvalue weighted by atomic mass is 16.5. The Morgan fingerprint density at radius 1 is 1.53 bits per heavy atom. The van der Waals surface area contributed by atoms with Crippen molar-refractivity contribution in [3.8, 4) is 0 Å². The molecule has 3 nitrogen and oxygen atoms in total. The van der Waals surface area contributed by atoms with Gasteiger partial charge in [-0.1, -0.05) is 6.92 Å². The van der Waals surface area contributed by atoms with Gasteiger partial charge in [0.05, 0.1) is 19.3 Å². The Morgan fingerprint density at radius 3 is 3.00 bits per heavy atom. The first-order valence-electron chi connectivity index (χ1n) is 6.17. The Bertz CT molecular complexity index is 164. The zero-order valence-electron chi connectivity index (χ0n) is 10.4. The zero-order chi connectivity index (χ0) is 11.1. The highest BCUT2D eigenvalue weighted by Crippen LogP contribution is 2.07. The van der Waals surface area contributed by atoms with Crippen molar-refractivity contribution in [2.24, 2.45) is 0 Å². The Hall–Kier alpha value is -0.120. The molecule has 0 aromatic carbocycles. The van der Waals surface area contributed by atoms with Gasteiger partial charge < -0.3 is 9.47 Å². The molecule has 1 unspecified atom stereocenters. The standard InChI is InChI=1S/C12H25NO2/c1-4-12(3)15-8-5-6-13-7-9-14-10-11(13)2/h11-12H,4-10H2,1-3H3/t11-,12?/m0/s1. The van der Waals surface area contributed by atoms with Gasteiger partial charge in [-0.3, -0.25) is 4.90 Å². The predicted octanol–water partition coefficient (Wildman–Crippen LogP) is 1.91. The van der Waals surface area contributed by atoms with Crippen molar-refractivity contribution in [2.45, 2.75) is 45.8 Å². The minimum absolute atomic E-state index is 0.409. The maximum absolute atomic E-state index is 5.66. The molecule has 90 valence electrons. The summed E-state index contributed by atoms with van der Waals surface area (Å²) < 4.78 is 11.1. The number of morpholine rings is 1. The minimum Gasteiger partial charge on any atom is -0.379 e. The molecule has 1 heterocycles. The van der Waals surface area contributed by atoms with E-state index in [9.17, 15) is 0 Å². The fraction of sp³-hybridized carbons (Fsp3) is 1.00. The van der Waals surface area contributed by atoms with Crippen molar-refractivity contribution in [1.29, 1.82) is 0 Å². The molecule has 0 radical (unpaired) electrons. The van der Waals surface area contributed by atoms with Crippen LogP contribution in [0.1, 0.15) is 33.6 Å². The van der Waals surface area contributed by atoms with E-state index in [2.05, 4.69) is 25.7 Å². The number of nitrogens with zero attached hydrogens (tertiary/aromatic N) is 1. The number of hydrogen-bond acceptors (Lipinski definition) is 3. The van der Waals surface area contributed by atoms with Gasteiger partial charge in [0.25, 0.3) is 0 Å². The van der Waals surface area contributed by atoms with Crippen molar-refractivity contribution < 1.29 is 9.47 Å². The largest absolute Gasteiger partial charge is 0.379 e. The van der Waals surface area contributed by atoms with E-state index in [1.165, 1.54) is 0 Å². The van der Waals surface area contributed by atoms with E-state index in [4.69, 9.17) is 9.47 Å². The van der Waals surface area contributed by atoms with Crippen LogP contribution in [0.3, 0.4) is 0 Å². The summed E-state index contributed by atoms with van der Waals surface area (Å²) >= 11 is 0. The molecule has 0 N–H and O–H groups in total. The lowest BCUT2D eigenvalue weighted by Gasteiger charge is -2.33. The zero-order valence-corrected chi connectivity index (χ0v) is 10.4. The summed E-state index contributed by atoms with van der Waals surface area (Å²) in [6.07, 6.45) is 2.65. The Labute approximate surface area is 93.7 Å². The highest BCUT2D eigenvalue weighted by molar-refractivity contribution is 4.70. The fourth-order valence-corrected chi connectivity index (χ4v) is 1.76. The normalized spacial score (nSPS) is 25.4. The van der Waals surface area contributed by atoms with Crippen LogP contribution in [0.5, 0.6) is 0 Å². The van der Waals surface area contributed by atoms with E-state index in [0.717, 1.165) is 45.8 Å². The minimum atomic E-state index is 0.409. The quantitative estimate of drug-likeness (QED) is 0.632. The molecule has 1 fully saturated rings. The van der Waals surface area contributed by atoms with Gasteiger partial charge in [-0.2, -0.15) is 0 Å². The molecule has 0 aliphatic carbocycles. The third kappa shape index (κ3) is 4.96. The second-order valence-electron chi connectivity index (χ2n) is 4.40. The van der Waals surface area contributed by atoms with Crippen LogP contribution in [0.25, 0.3) is 0 Å². The van der Waals surface area contributed by atoms with E-state index in [1.807, 2.05) is 0 Å². The van der Waals surface area contributed by atoms with Gasteiger partial charge in [0.2, 0.25) is 0 Å². The Balaban J connectivity index is 2.03. The van der Waals surface area contributed by atoms with Crippen LogP contribution in [0.15, 0.2) is 0 Å². The first kappa shape index (κ1) is 12.9. The molecule has 1 rings (SSSR count). The molecule has 0 bridgehead atoms. The van der Waals surface area contributed by atoms with Gasteiger partial charge in [0.1, 0.15) is 0 Å². The Kier molecular flexibility index (Phi) is 6.22. The van der Waals surface area contributed by atoms with E-state index < -0.39 is 0 Å². The van der Waals surface area contributed by atoms with Crippen molar-refractivity contribution in [3.63, 3.8) is 0 Å². The van der Waals surface area contributed by atoms with Gasteiger partial charge in [-0.05, 0) is 26.7 Å². The molecule has 0 spiro atoms. The van der Waals surface area contributed by atoms with Gasteiger partial charge in [-0.15, -0.1) is 0 Å². The average molecular weight is 215 g/mol. The maximum atomic E-state index is 5.66. The summed E-state index contributed by atoms with van der Waals surface area (Å²) in [6.45, 7) is 11.4. The predicted molar refractivity (Wildman–Crippen MR) is 62.2 cm³/mol. The average Bonchev–Trinajstić information content (AvgIpc) is 2.26. The summed E-state index contributed by atoms with van der Waals surface area (Å²) in [5.74, 6) is 0. The molecule has 1 saturated heterocycles. The summed E-state index contributed by atoms with van der Waals surface area (Å²) in [7, 11) is 0. The van der Waals surface area contributed by atoms with Gasteiger partial charge in [0.15, 0.2) is 0 Å². The first-order chi connectivity index (χ1) is 7.24. The Morgan fingerprint density at radius 2 is 2.33 bits per heavy atom. The lowest BCUT2D eigenvalue weighted by Crippen LogP contribution is -2.44. The molecule has 0 aromatic rings. The molecule has 0 saturated carbocycles. The molecule has 1 aliphatic heterocycles. The molecule has 15 heavy (non-hydrogen) atoms. The second-order valence-corrected chi connectivity index (χ2v) is 4.40. The molecule has 3 heteroatoms. The highest BCUT2D eigenvalue weighted by Gasteiger charge is 2.17. The maximum Gasteiger partial charge on any atom is 0.0619 e. The molecular weight excluding hydrogens is 190 g/mol. The van der Waals surface area contributed by atoms with E-state index in [-0.39, 0.29) is 0 Å². The number of ether oxygens (including phenoxy) is 2. The topological polar surface area (TPSA) is 21.7 Å². The molecular formula is C12H25NO2. The third-order valence-corrected chi connectivity index (χ3v) is 3.07. The molecule has 0 amide bonds. The number of hydrogen-bond donors (Lipinski definition) is 0. The van der Waals surface area contributed by atoms with Crippen LogP contribution < -0.4 is 0 Å². The van der Waals surface area contributed by atoms with Crippen LogP contribution >= 0.6 is 0 Å². The third-order valence-electron chi connectivity index (χ3n) is 3.07. The SMILES string of the molecule is CCC(C)OCCCN1CCOC[C@@H]1C. The summed E-state index contributed by atoms with van der Waals surface area (Å²) in [5, 5.41) is 0. The van der Waals surface area contributed by atoms with Crippen molar-refractivity contribution in [2.75, 3.05) is 32.9 Å². The van der Waals surface area contributed by atoms with Crippen LogP contribution in [0, 0.1) is 0 Å². The van der Waals surface area contributed by atoms with Crippen molar-refractivity contribution >= 4 is 0 Å². The first-order valence-corrected chi connectivity index (χ1v) is 6.17. The van der Waals surface area contributed by atoms with Gasteiger partial charge in [0, 0.05) is 25.7 Å². The van der Waals surface area contributed by atoms with E-state index in [1.54, 1.807) is 0 Å². The molecule has 2 atom stereocenters. The monoisotopic (exact) mass is 215 g/mol. The van der Waals surface area contributed by atoms with Crippen LogP contribution in [-0.4, -0.2) is 50.0 Å². The van der Waals surface area contributed by atoms with Crippen LogP contribution in [0.2, 0.25) is 0 Å². The van der Waals surface area contributed by atoms with Crippen molar-refractivity contribution in [1.82, 2.24) is 4.90 Å². The summed E-state index contributed by atoms with van der Waals surface area (Å²) in [6, 6.07) is 0.572. The molecule has 1 aliphatic rings. The number of rotatable bonds is 6. The van der Waals surface area contributed by atoms with Crippen LogP contribution in [0.4, 0.5) is 0 Å². The smallest absolute Gasteiger partial charge is 0.0619 e. The lowest BCUT2D eigenvalue weighted by molar-refractivity contribution is -0.00799. The summed E-state index contributed by atoms with van der Waals surface area (Å²) in [4.78, 5) is 2.49. The second kappa shape index (κ2) is 7.20. The van der Waals surface area contributed by atoms with Gasteiger partial charge in [-0.25, -0.2) is 0 Å². The van der Waals surface area contributed by atoms with Gasteiger partial charge >= 0.3 is 0 Å². The summed E-state index contributed by atoms with van der Waals surface area (Å²) in [5.41, 5.74) is 0. The molecule has 0 aromatic heterocycles. The van der Waals surface area contributed by atoms with E-state index >= 15 is 0 Å². The lowest BCUT2D eigenvalue weighted by atomic mass is 10.2. The van der Waals surface area contributed by atoms with Crippen LogP contribution in [-0.2, 0) is 9.47 Å². The van der Waals surface area contributed by atoms with Crippen molar-refractivity contribution in [3.05, 3.63) is 0 Å². The fourth-order valence-electron chi connectivity index (χ4n) is 1.76. The van der Waals surface area contributed by atoms with E-state index in [0.29, 0.717) is 12.1 Å².